The van der Waals surface area contributed by atoms with Crippen molar-refractivity contribution in [3.63, 3.8) is 0 Å². The third kappa shape index (κ3) is 0.623. The van der Waals surface area contributed by atoms with Crippen LogP contribution in [0, 0.1) is 0 Å². The van der Waals surface area contributed by atoms with Crippen molar-refractivity contribution >= 4 is 6.09 Å². The van der Waals surface area contributed by atoms with Crippen molar-refractivity contribution in [3.05, 3.63) is 0 Å². The molecule has 4 heteroatoms. The number of fused-ring (bicyclic) bond motifs is 2. The van der Waals surface area contributed by atoms with Gasteiger partial charge in [0.1, 0.15) is 0 Å². The molecule has 3 saturated heterocycles. The number of nitrogens with zero attached hydrogens (tertiary/aromatic N) is 1. The number of hydrogen-bond acceptors (Lipinski definition) is 2. The molecule has 2 atom stereocenters. The summed E-state index contributed by atoms with van der Waals surface area (Å²) in [5, 5.41) is 11.8. The molecule has 2 N–H and O–H groups in total. The second-order valence-electron chi connectivity index (χ2n) is 2.89. The lowest BCUT2D eigenvalue weighted by Gasteiger charge is -2.51. The fourth-order valence-electron chi connectivity index (χ4n) is 1.79. The average Bonchev–Trinajstić information content (AvgIpc) is 1.87. The predicted molar refractivity (Wildman–Crippen MR) is 34.9 cm³/mol. The summed E-state index contributed by atoms with van der Waals surface area (Å²) in [6, 6.07) is 0.521. The van der Waals surface area contributed by atoms with Gasteiger partial charge >= 0.3 is 6.09 Å². The van der Waals surface area contributed by atoms with Crippen LogP contribution in [0.2, 0.25) is 0 Å². The Bertz CT molecular complexity index is 157. The summed E-state index contributed by atoms with van der Waals surface area (Å²) in [4.78, 5) is 12.0. The molecule has 1 amide bonds. The molecule has 2 bridgehead atoms. The summed E-state index contributed by atoms with van der Waals surface area (Å²) in [6.45, 7) is 1.67. The van der Waals surface area contributed by atoms with E-state index in [1.807, 2.05) is 0 Å². The van der Waals surface area contributed by atoms with Crippen molar-refractivity contribution in [3.8, 4) is 0 Å². The van der Waals surface area contributed by atoms with Crippen LogP contribution in [0.3, 0.4) is 0 Å². The minimum atomic E-state index is -0.761. The quantitative estimate of drug-likeness (QED) is 0.488. The highest BCUT2D eigenvalue weighted by atomic mass is 16.4. The van der Waals surface area contributed by atoms with Gasteiger partial charge in [-0.25, -0.2) is 4.79 Å². The molecular weight excluding hydrogens is 132 g/mol. The first-order valence-corrected chi connectivity index (χ1v) is 3.51. The Hall–Kier alpha value is -0.770. The van der Waals surface area contributed by atoms with E-state index in [4.69, 9.17) is 5.11 Å². The molecule has 0 aromatic heterocycles. The van der Waals surface area contributed by atoms with Gasteiger partial charge in [-0.15, -0.1) is 0 Å². The van der Waals surface area contributed by atoms with Crippen LogP contribution in [0.4, 0.5) is 4.79 Å². The monoisotopic (exact) mass is 142 g/mol. The first-order valence-electron chi connectivity index (χ1n) is 3.51. The molecule has 0 aliphatic carbocycles. The summed E-state index contributed by atoms with van der Waals surface area (Å²) in [6.07, 6.45) is 0.294. The van der Waals surface area contributed by atoms with Gasteiger partial charge in [0, 0.05) is 25.2 Å². The van der Waals surface area contributed by atoms with Crippen LogP contribution >= 0.6 is 0 Å². The normalized spacial score (nSPS) is 37.0. The summed E-state index contributed by atoms with van der Waals surface area (Å²) < 4.78 is 0. The van der Waals surface area contributed by atoms with E-state index in [2.05, 4.69) is 5.32 Å². The first-order chi connectivity index (χ1) is 4.79. The molecule has 2 unspecified atom stereocenters. The summed E-state index contributed by atoms with van der Waals surface area (Å²) in [7, 11) is 0. The molecule has 3 aliphatic rings. The van der Waals surface area contributed by atoms with Crippen molar-refractivity contribution in [2.45, 2.75) is 18.5 Å². The Kier molecular flexibility index (Phi) is 1.11. The van der Waals surface area contributed by atoms with E-state index in [0.717, 1.165) is 19.5 Å². The molecular formula is C6H10N2O2. The van der Waals surface area contributed by atoms with Gasteiger partial charge in [0.2, 0.25) is 0 Å². The fraction of sp³-hybridized carbons (Fsp3) is 0.833. The zero-order chi connectivity index (χ0) is 7.14. The molecule has 3 rings (SSSR count). The SMILES string of the molecule is O=C(O)N1C2CNCC1C2. The van der Waals surface area contributed by atoms with Crippen LogP contribution in [-0.2, 0) is 0 Å². The lowest BCUT2D eigenvalue weighted by Crippen LogP contribution is -2.69. The van der Waals surface area contributed by atoms with Gasteiger partial charge in [-0.2, -0.15) is 0 Å². The zero-order valence-corrected chi connectivity index (χ0v) is 5.58. The van der Waals surface area contributed by atoms with E-state index in [9.17, 15) is 4.79 Å². The van der Waals surface area contributed by atoms with Crippen molar-refractivity contribution < 1.29 is 9.90 Å². The van der Waals surface area contributed by atoms with Crippen molar-refractivity contribution in [1.82, 2.24) is 10.2 Å². The number of rotatable bonds is 0. The molecule has 56 valence electrons. The molecule has 0 spiro atoms. The highest BCUT2D eigenvalue weighted by Gasteiger charge is 2.44. The average molecular weight is 142 g/mol. The van der Waals surface area contributed by atoms with Crippen molar-refractivity contribution in [2.75, 3.05) is 13.1 Å². The van der Waals surface area contributed by atoms with Crippen LogP contribution in [-0.4, -0.2) is 41.3 Å². The van der Waals surface area contributed by atoms with E-state index < -0.39 is 6.09 Å². The zero-order valence-electron chi connectivity index (χ0n) is 5.58. The number of amides is 1. The number of nitrogens with one attached hydrogen (secondary N) is 1. The number of carbonyl (C=O) groups is 1. The summed E-state index contributed by atoms with van der Waals surface area (Å²) in [5.74, 6) is 0. The standard InChI is InChI=1S/C6H10N2O2/c9-6(10)8-4-1-5(8)3-7-2-4/h4-5,7H,1-3H2,(H,9,10). The minimum absolute atomic E-state index is 0.260. The molecule has 10 heavy (non-hydrogen) atoms. The van der Waals surface area contributed by atoms with E-state index in [1.54, 1.807) is 4.90 Å². The molecule has 0 aromatic carbocycles. The molecule has 0 saturated carbocycles. The van der Waals surface area contributed by atoms with Gasteiger partial charge in [-0.3, -0.25) is 4.90 Å². The van der Waals surface area contributed by atoms with Gasteiger partial charge in [0.05, 0.1) is 0 Å². The van der Waals surface area contributed by atoms with Crippen molar-refractivity contribution in [2.24, 2.45) is 0 Å². The lowest BCUT2D eigenvalue weighted by molar-refractivity contribution is 0.000989. The van der Waals surface area contributed by atoms with E-state index in [1.165, 1.54) is 0 Å². The lowest BCUT2D eigenvalue weighted by atomic mass is 9.90. The Labute approximate surface area is 58.8 Å². The predicted octanol–water partition coefficient (Wildman–Crippen LogP) is -0.289. The Balaban J connectivity index is 2.06. The molecule has 3 aliphatic heterocycles. The van der Waals surface area contributed by atoms with Crippen LogP contribution in [0.1, 0.15) is 6.42 Å². The molecule has 0 radical (unpaired) electrons. The number of piperazine rings is 1. The van der Waals surface area contributed by atoms with Gasteiger partial charge in [0.15, 0.2) is 0 Å². The van der Waals surface area contributed by atoms with Crippen LogP contribution in [0.5, 0.6) is 0 Å². The third-order valence-electron chi connectivity index (χ3n) is 2.31. The Morgan fingerprint density at radius 1 is 1.50 bits per heavy atom. The third-order valence-corrected chi connectivity index (χ3v) is 2.31. The smallest absolute Gasteiger partial charge is 0.407 e. The molecule has 0 aromatic rings. The topological polar surface area (TPSA) is 52.6 Å². The Morgan fingerprint density at radius 2 is 2.10 bits per heavy atom. The van der Waals surface area contributed by atoms with Gasteiger partial charge in [0.25, 0.3) is 0 Å². The first kappa shape index (κ1) is 5.97. The van der Waals surface area contributed by atoms with Gasteiger partial charge in [-0.05, 0) is 6.42 Å². The van der Waals surface area contributed by atoms with E-state index in [0.29, 0.717) is 0 Å². The van der Waals surface area contributed by atoms with Crippen LogP contribution in [0.25, 0.3) is 0 Å². The molecule has 4 nitrogen and oxygen atoms in total. The number of piperidine rings is 1. The largest absolute Gasteiger partial charge is 0.465 e. The highest BCUT2D eigenvalue weighted by molar-refractivity contribution is 5.67. The van der Waals surface area contributed by atoms with Crippen molar-refractivity contribution in [1.29, 1.82) is 0 Å². The summed E-state index contributed by atoms with van der Waals surface area (Å²) >= 11 is 0. The maximum absolute atomic E-state index is 10.5. The number of hydrogen-bond donors (Lipinski definition) is 2. The molecule has 3 heterocycles. The summed E-state index contributed by atoms with van der Waals surface area (Å²) in [5.41, 5.74) is 0. The maximum atomic E-state index is 10.5. The Morgan fingerprint density at radius 3 is 2.40 bits per heavy atom. The molecule has 3 fully saturated rings. The second-order valence-corrected chi connectivity index (χ2v) is 2.89. The highest BCUT2D eigenvalue weighted by Crippen LogP contribution is 2.27. The number of carboxylic acid groups (broad SMARTS) is 1. The van der Waals surface area contributed by atoms with Crippen LogP contribution < -0.4 is 5.32 Å². The maximum Gasteiger partial charge on any atom is 0.407 e. The van der Waals surface area contributed by atoms with E-state index >= 15 is 0 Å². The van der Waals surface area contributed by atoms with Gasteiger partial charge in [-0.1, -0.05) is 0 Å². The van der Waals surface area contributed by atoms with E-state index in [-0.39, 0.29) is 12.1 Å². The second kappa shape index (κ2) is 1.85. The van der Waals surface area contributed by atoms with Crippen LogP contribution in [0.15, 0.2) is 0 Å². The van der Waals surface area contributed by atoms with Gasteiger partial charge < -0.3 is 10.4 Å². The minimum Gasteiger partial charge on any atom is -0.465 e. The fourth-order valence-corrected chi connectivity index (χ4v) is 1.79.